The van der Waals surface area contributed by atoms with Crippen LogP contribution in [0, 0.1) is 0 Å². The Bertz CT molecular complexity index is 376. The van der Waals surface area contributed by atoms with Gasteiger partial charge in [0.1, 0.15) is 6.23 Å². The van der Waals surface area contributed by atoms with Crippen LogP contribution < -0.4 is 5.43 Å². The number of aliphatic hydroxyl groups is 1. The molecule has 100 valence electrons. The minimum atomic E-state index is -0.630. The van der Waals surface area contributed by atoms with Gasteiger partial charge in [-0.2, -0.15) is 5.10 Å². The highest BCUT2D eigenvalue weighted by atomic mass is 35.5. The molecule has 5 heteroatoms. The molecular formula is C13H18Cl2N2O. The van der Waals surface area contributed by atoms with Gasteiger partial charge in [-0.05, 0) is 25.0 Å². The zero-order chi connectivity index (χ0) is 13.4. The van der Waals surface area contributed by atoms with E-state index in [9.17, 15) is 5.11 Å². The Morgan fingerprint density at radius 1 is 1.33 bits per heavy atom. The summed E-state index contributed by atoms with van der Waals surface area (Å²) in [6, 6.07) is 5.26. The van der Waals surface area contributed by atoms with Crippen molar-refractivity contribution in [3.63, 3.8) is 0 Å². The molecule has 0 aliphatic heterocycles. The zero-order valence-corrected chi connectivity index (χ0v) is 11.9. The van der Waals surface area contributed by atoms with Crippen molar-refractivity contribution in [2.45, 2.75) is 38.8 Å². The highest BCUT2D eigenvalue weighted by molar-refractivity contribution is 6.38. The number of aliphatic hydroxyl groups excluding tert-OH is 1. The normalized spacial score (nSPS) is 12.9. The van der Waals surface area contributed by atoms with Crippen molar-refractivity contribution in [2.24, 2.45) is 5.10 Å². The molecule has 3 nitrogen and oxygen atoms in total. The van der Waals surface area contributed by atoms with Crippen LogP contribution in [0.5, 0.6) is 0 Å². The van der Waals surface area contributed by atoms with Crippen LogP contribution in [-0.2, 0) is 0 Å². The predicted octanol–water partition coefficient (Wildman–Crippen LogP) is 3.82. The quantitative estimate of drug-likeness (QED) is 0.347. The fourth-order valence-corrected chi connectivity index (χ4v) is 1.97. The van der Waals surface area contributed by atoms with Crippen molar-refractivity contribution in [3.05, 3.63) is 33.8 Å². The van der Waals surface area contributed by atoms with Gasteiger partial charge in [-0.15, -0.1) is 0 Å². The highest BCUT2D eigenvalue weighted by Gasteiger charge is 2.03. The van der Waals surface area contributed by atoms with Crippen LogP contribution in [0.15, 0.2) is 23.3 Å². The summed E-state index contributed by atoms with van der Waals surface area (Å²) in [7, 11) is 0. The Morgan fingerprint density at radius 3 is 2.61 bits per heavy atom. The van der Waals surface area contributed by atoms with Crippen LogP contribution >= 0.6 is 23.2 Å². The fourth-order valence-electron chi connectivity index (χ4n) is 1.47. The van der Waals surface area contributed by atoms with E-state index < -0.39 is 6.23 Å². The smallest absolute Gasteiger partial charge is 0.139 e. The molecule has 1 aromatic carbocycles. The largest absolute Gasteiger partial charge is 0.372 e. The Labute approximate surface area is 118 Å². The predicted molar refractivity (Wildman–Crippen MR) is 77.3 cm³/mol. The molecule has 2 N–H and O–H groups in total. The van der Waals surface area contributed by atoms with Gasteiger partial charge in [-0.25, -0.2) is 0 Å². The first-order valence-corrected chi connectivity index (χ1v) is 6.81. The lowest BCUT2D eigenvalue weighted by atomic mass is 10.2. The molecule has 1 aromatic rings. The first-order chi connectivity index (χ1) is 8.65. The molecule has 1 unspecified atom stereocenters. The first-order valence-electron chi connectivity index (χ1n) is 6.05. The molecule has 0 amide bonds. The summed E-state index contributed by atoms with van der Waals surface area (Å²) in [5, 5.41) is 14.6. The van der Waals surface area contributed by atoms with Crippen LogP contribution in [0.1, 0.15) is 38.2 Å². The zero-order valence-electron chi connectivity index (χ0n) is 10.4. The summed E-state index contributed by atoms with van der Waals surface area (Å²) >= 11 is 12.0. The van der Waals surface area contributed by atoms with Gasteiger partial charge in [0, 0.05) is 5.56 Å². The standard InChI is InChI=1S/C13H18Cl2N2O/c1-2-3-4-8-13(18)17-16-9-10-11(14)6-5-7-12(10)15/h5-7,9,13,17-18H,2-4,8H2,1H3/b16-9+. The maximum Gasteiger partial charge on any atom is 0.139 e. The number of hydrogen-bond donors (Lipinski definition) is 2. The number of nitrogens with zero attached hydrogens (tertiary/aromatic N) is 1. The molecule has 0 radical (unpaired) electrons. The van der Waals surface area contributed by atoms with Crippen molar-refractivity contribution in [3.8, 4) is 0 Å². The number of unbranched alkanes of at least 4 members (excludes halogenated alkanes) is 2. The monoisotopic (exact) mass is 288 g/mol. The van der Waals surface area contributed by atoms with E-state index in [0.717, 1.165) is 19.3 Å². The molecule has 0 fully saturated rings. The van der Waals surface area contributed by atoms with E-state index >= 15 is 0 Å². The van der Waals surface area contributed by atoms with E-state index in [1.807, 2.05) is 0 Å². The summed E-state index contributed by atoms with van der Waals surface area (Å²) in [6.45, 7) is 2.12. The summed E-state index contributed by atoms with van der Waals surface area (Å²) < 4.78 is 0. The second-order valence-electron chi connectivity index (χ2n) is 4.03. The summed E-state index contributed by atoms with van der Waals surface area (Å²) in [5.41, 5.74) is 3.30. The van der Waals surface area contributed by atoms with Crippen molar-refractivity contribution in [1.29, 1.82) is 0 Å². The molecule has 0 aliphatic rings. The van der Waals surface area contributed by atoms with Crippen molar-refractivity contribution < 1.29 is 5.11 Å². The summed E-state index contributed by atoms with van der Waals surface area (Å²) in [4.78, 5) is 0. The lowest BCUT2D eigenvalue weighted by Gasteiger charge is -2.09. The van der Waals surface area contributed by atoms with Gasteiger partial charge in [0.15, 0.2) is 0 Å². The van der Waals surface area contributed by atoms with Crippen LogP contribution in [0.3, 0.4) is 0 Å². The maximum atomic E-state index is 9.60. The summed E-state index contributed by atoms with van der Waals surface area (Å²) in [6.07, 6.45) is 4.79. The molecule has 18 heavy (non-hydrogen) atoms. The number of hydrogen-bond acceptors (Lipinski definition) is 3. The van der Waals surface area contributed by atoms with Crippen LogP contribution in [0.2, 0.25) is 10.0 Å². The highest BCUT2D eigenvalue weighted by Crippen LogP contribution is 2.21. The molecule has 1 rings (SSSR count). The van der Waals surface area contributed by atoms with E-state index in [0.29, 0.717) is 22.0 Å². The van der Waals surface area contributed by atoms with E-state index in [-0.39, 0.29) is 0 Å². The molecule has 0 aromatic heterocycles. The van der Waals surface area contributed by atoms with Gasteiger partial charge >= 0.3 is 0 Å². The number of hydrazone groups is 1. The minimum Gasteiger partial charge on any atom is -0.372 e. The number of benzene rings is 1. The third kappa shape index (κ3) is 5.25. The maximum absolute atomic E-state index is 9.60. The average Bonchev–Trinajstić information content (AvgIpc) is 2.33. The van der Waals surface area contributed by atoms with Gasteiger partial charge in [0.2, 0.25) is 0 Å². The lowest BCUT2D eigenvalue weighted by Crippen LogP contribution is -2.23. The van der Waals surface area contributed by atoms with Crippen molar-refractivity contribution in [2.75, 3.05) is 0 Å². The second-order valence-corrected chi connectivity index (χ2v) is 4.85. The van der Waals surface area contributed by atoms with Gasteiger partial charge in [-0.3, -0.25) is 5.43 Å². The minimum absolute atomic E-state index is 0.536. The Morgan fingerprint density at radius 2 is 2.00 bits per heavy atom. The Balaban J connectivity index is 2.45. The molecular weight excluding hydrogens is 271 g/mol. The van der Waals surface area contributed by atoms with E-state index in [1.165, 1.54) is 6.21 Å². The van der Waals surface area contributed by atoms with Crippen molar-refractivity contribution in [1.82, 2.24) is 5.43 Å². The van der Waals surface area contributed by atoms with Gasteiger partial charge in [-0.1, -0.05) is 49.0 Å². The van der Waals surface area contributed by atoms with E-state index in [4.69, 9.17) is 23.2 Å². The lowest BCUT2D eigenvalue weighted by molar-refractivity contribution is 0.126. The molecule has 0 bridgehead atoms. The third-order valence-corrected chi connectivity index (χ3v) is 3.16. The van der Waals surface area contributed by atoms with Crippen LogP contribution in [-0.4, -0.2) is 17.5 Å². The SMILES string of the molecule is CCCCCC(O)N/N=C/c1c(Cl)cccc1Cl. The number of halogens is 2. The average molecular weight is 289 g/mol. The van der Waals surface area contributed by atoms with Gasteiger partial charge in [0.05, 0.1) is 16.3 Å². The molecule has 0 spiro atoms. The number of rotatable bonds is 7. The third-order valence-electron chi connectivity index (χ3n) is 2.50. The summed E-state index contributed by atoms with van der Waals surface area (Å²) in [5.74, 6) is 0. The van der Waals surface area contributed by atoms with E-state index in [2.05, 4.69) is 17.5 Å². The fraction of sp³-hybridized carbons (Fsp3) is 0.462. The molecule has 0 saturated heterocycles. The molecule has 0 aliphatic carbocycles. The Kier molecular flexibility index (Phi) is 7.09. The van der Waals surface area contributed by atoms with Crippen molar-refractivity contribution >= 4 is 29.4 Å². The van der Waals surface area contributed by atoms with Crippen LogP contribution in [0.25, 0.3) is 0 Å². The topological polar surface area (TPSA) is 44.6 Å². The van der Waals surface area contributed by atoms with Gasteiger partial charge < -0.3 is 5.11 Å². The Hall–Kier alpha value is -0.770. The van der Waals surface area contributed by atoms with Crippen LogP contribution in [0.4, 0.5) is 0 Å². The van der Waals surface area contributed by atoms with E-state index in [1.54, 1.807) is 18.2 Å². The second kappa shape index (κ2) is 8.35. The molecule has 1 atom stereocenters. The molecule has 0 saturated carbocycles. The number of nitrogens with one attached hydrogen (secondary N) is 1. The first kappa shape index (κ1) is 15.3. The molecule has 0 heterocycles. The van der Waals surface area contributed by atoms with Gasteiger partial charge in [0.25, 0.3) is 0 Å².